The van der Waals surface area contributed by atoms with E-state index in [9.17, 15) is 5.11 Å². The molecule has 1 aromatic carbocycles. The van der Waals surface area contributed by atoms with Gasteiger partial charge in [0.05, 0.1) is 0 Å². The van der Waals surface area contributed by atoms with Gasteiger partial charge in [-0.2, -0.15) is 0 Å². The Morgan fingerprint density at radius 1 is 0.882 bits per heavy atom. The minimum absolute atomic E-state index is 0.193. The Bertz CT molecular complexity index is 341. The molecule has 0 amide bonds. The van der Waals surface area contributed by atoms with Gasteiger partial charge in [0.25, 0.3) is 0 Å². The van der Waals surface area contributed by atoms with Crippen molar-refractivity contribution in [3.8, 4) is 5.75 Å². The molecule has 1 heteroatoms. The van der Waals surface area contributed by atoms with E-state index in [0.29, 0.717) is 11.2 Å². The highest BCUT2D eigenvalue weighted by atomic mass is 16.3. The van der Waals surface area contributed by atoms with E-state index in [2.05, 4.69) is 34.6 Å². The van der Waals surface area contributed by atoms with Crippen LogP contribution in [0.15, 0.2) is 24.3 Å². The van der Waals surface area contributed by atoms with Gasteiger partial charge in [0, 0.05) is 0 Å². The standard InChI is InChI=1S/C16H26O/c1-15(2,3)11-6-12-16(4,5)13-7-9-14(17)10-8-13/h7-10,17H,6,11-12H2,1-5H3. The van der Waals surface area contributed by atoms with Crippen molar-refractivity contribution in [3.63, 3.8) is 0 Å². The van der Waals surface area contributed by atoms with E-state index in [0.717, 1.165) is 0 Å². The van der Waals surface area contributed by atoms with E-state index in [1.807, 2.05) is 12.1 Å². The fraction of sp³-hybridized carbons (Fsp3) is 0.625. The summed E-state index contributed by atoms with van der Waals surface area (Å²) in [5.41, 5.74) is 1.92. The zero-order chi connectivity index (χ0) is 13.1. The van der Waals surface area contributed by atoms with Crippen LogP contribution in [-0.2, 0) is 5.41 Å². The highest BCUT2D eigenvalue weighted by Gasteiger charge is 2.21. The molecule has 0 aliphatic carbocycles. The van der Waals surface area contributed by atoms with E-state index >= 15 is 0 Å². The van der Waals surface area contributed by atoms with Crippen molar-refractivity contribution in [3.05, 3.63) is 29.8 Å². The van der Waals surface area contributed by atoms with Crippen LogP contribution in [0, 0.1) is 5.41 Å². The molecule has 0 unspecified atom stereocenters. The molecule has 0 fully saturated rings. The second kappa shape index (κ2) is 5.12. The molecule has 0 radical (unpaired) electrons. The zero-order valence-electron chi connectivity index (χ0n) is 11.9. The molecule has 0 saturated carbocycles. The second-order valence-electron chi connectivity index (χ2n) is 6.84. The minimum Gasteiger partial charge on any atom is -0.508 e. The summed E-state index contributed by atoms with van der Waals surface area (Å²) in [6.07, 6.45) is 3.70. The van der Waals surface area contributed by atoms with E-state index in [1.54, 1.807) is 12.1 Å². The molecule has 0 aliphatic rings. The average Bonchev–Trinajstić information content (AvgIpc) is 2.15. The van der Waals surface area contributed by atoms with Crippen molar-refractivity contribution in [2.45, 2.75) is 59.3 Å². The van der Waals surface area contributed by atoms with Crippen LogP contribution < -0.4 is 0 Å². The normalized spacial score (nSPS) is 12.8. The van der Waals surface area contributed by atoms with Crippen molar-refractivity contribution in [2.75, 3.05) is 0 Å². The highest BCUT2D eigenvalue weighted by molar-refractivity contribution is 5.30. The third-order valence-electron chi connectivity index (χ3n) is 3.38. The van der Waals surface area contributed by atoms with E-state index in [1.165, 1.54) is 24.8 Å². The summed E-state index contributed by atoms with van der Waals surface area (Å²) in [5.74, 6) is 0.347. The molecule has 0 atom stereocenters. The van der Waals surface area contributed by atoms with Gasteiger partial charge in [-0.15, -0.1) is 0 Å². The lowest BCUT2D eigenvalue weighted by Crippen LogP contribution is -2.18. The predicted octanol–water partition coefficient (Wildman–Crippen LogP) is 4.89. The topological polar surface area (TPSA) is 20.2 Å². The maximum Gasteiger partial charge on any atom is 0.115 e. The smallest absolute Gasteiger partial charge is 0.115 e. The average molecular weight is 234 g/mol. The number of hydrogen-bond donors (Lipinski definition) is 1. The lowest BCUT2D eigenvalue weighted by molar-refractivity contribution is 0.333. The summed E-state index contributed by atoms with van der Waals surface area (Å²) in [4.78, 5) is 0. The van der Waals surface area contributed by atoms with E-state index in [-0.39, 0.29) is 5.41 Å². The van der Waals surface area contributed by atoms with Crippen LogP contribution in [0.5, 0.6) is 5.75 Å². The van der Waals surface area contributed by atoms with Gasteiger partial charge < -0.3 is 5.11 Å². The molecule has 0 saturated heterocycles. The van der Waals surface area contributed by atoms with Gasteiger partial charge in [0.2, 0.25) is 0 Å². The van der Waals surface area contributed by atoms with Gasteiger partial charge in [0.1, 0.15) is 5.75 Å². The van der Waals surface area contributed by atoms with Crippen molar-refractivity contribution >= 4 is 0 Å². The number of rotatable bonds is 4. The molecular formula is C16H26O. The molecule has 17 heavy (non-hydrogen) atoms. The third kappa shape index (κ3) is 4.80. The first kappa shape index (κ1) is 14.1. The number of hydrogen-bond acceptors (Lipinski definition) is 1. The zero-order valence-corrected chi connectivity index (χ0v) is 11.9. The lowest BCUT2D eigenvalue weighted by Gasteiger charge is -2.27. The van der Waals surface area contributed by atoms with Crippen LogP contribution in [0.1, 0.15) is 59.4 Å². The Hall–Kier alpha value is -0.980. The molecule has 1 aromatic rings. The molecule has 96 valence electrons. The van der Waals surface area contributed by atoms with Crippen LogP contribution in [-0.4, -0.2) is 5.11 Å². The quantitative estimate of drug-likeness (QED) is 0.786. The van der Waals surface area contributed by atoms with E-state index in [4.69, 9.17) is 0 Å². The number of phenols is 1. The first-order valence-electron chi connectivity index (χ1n) is 6.50. The third-order valence-corrected chi connectivity index (χ3v) is 3.38. The van der Waals surface area contributed by atoms with Crippen LogP contribution >= 0.6 is 0 Å². The molecule has 0 spiro atoms. The van der Waals surface area contributed by atoms with Crippen LogP contribution in [0.2, 0.25) is 0 Å². The molecule has 1 rings (SSSR count). The van der Waals surface area contributed by atoms with Crippen molar-refractivity contribution in [2.24, 2.45) is 5.41 Å². The molecular weight excluding hydrogens is 208 g/mol. The maximum absolute atomic E-state index is 9.31. The Balaban J connectivity index is 2.59. The molecule has 0 aliphatic heterocycles. The van der Waals surface area contributed by atoms with Crippen LogP contribution in [0.25, 0.3) is 0 Å². The Kier molecular flexibility index (Phi) is 4.24. The Labute approximate surface area is 106 Å². The summed E-state index contributed by atoms with van der Waals surface area (Å²) >= 11 is 0. The summed E-state index contributed by atoms with van der Waals surface area (Å²) in [7, 11) is 0. The van der Waals surface area contributed by atoms with Crippen molar-refractivity contribution < 1.29 is 5.11 Å². The molecule has 1 nitrogen and oxygen atoms in total. The molecule has 1 N–H and O–H groups in total. The van der Waals surface area contributed by atoms with Crippen molar-refractivity contribution in [1.82, 2.24) is 0 Å². The highest BCUT2D eigenvalue weighted by Crippen LogP contribution is 2.32. The summed E-state index contributed by atoms with van der Waals surface area (Å²) < 4.78 is 0. The Morgan fingerprint density at radius 2 is 1.41 bits per heavy atom. The fourth-order valence-electron chi connectivity index (χ4n) is 2.12. The molecule has 0 bridgehead atoms. The van der Waals surface area contributed by atoms with Gasteiger partial charge >= 0.3 is 0 Å². The monoisotopic (exact) mass is 234 g/mol. The first-order chi connectivity index (χ1) is 7.71. The van der Waals surface area contributed by atoms with Gasteiger partial charge in [-0.1, -0.05) is 53.2 Å². The van der Waals surface area contributed by atoms with Crippen LogP contribution in [0.3, 0.4) is 0 Å². The summed E-state index contributed by atoms with van der Waals surface area (Å²) in [6, 6.07) is 7.63. The number of aromatic hydroxyl groups is 1. The number of benzene rings is 1. The summed E-state index contributed by atoms with van der Waals surface area (Å²) in [6.45, 7) is 11.4. The minimum atomic E-state index is 0.193. The summed E-state index contributed by atoms with van der Waals surface area (Å²) in [5, 5.41) is 9.31. The van der Waals surface area contributed by atoms with Gasteiger partial charge in [-0.25, -0.2) is 0 Å². The van der Waals surface area contributed by atoms with Crippen LogP contribution in [0.4, 0.5) is 0 Å². The SMILES string of the molecule is CC(C)(C)CCCC(C)(C)c1ccc(O)cc1. The van der Waals surface area contributed by atoms with Gasteiger partial charge in [0.15, 0.2) is 0 Å². The van der Waals surface area contributed by atoms with Gasteiger partial charge in [-0.3, -0.25) is 0 Å². The van der Waals surface area contributed by atoms with Gasteiger partial charge in [-0.05, 0) is 41.4 Å². The van der Waals surface area contributed by atoms with Crippen molar-refractivity contribution in [1.29, 1.82) is 0 Å². The predicted molar refractivity (Wildman–Crippen MR) is 74.4 cm³/mol. The van der Waals surface area contributed by atoms with E-state index < -0.39 is 0 Å². The largest absolute Gasteiger partial charge is 0.508 e. The lowest BCUT2D eigenvalue weighted by atomic mass is 9.78. The first-order valence-corrected chi connectivity index (χ1v) is 6.50. The number of phenolic OH excluding ortho intramolecular Hbond substituents is 1. The molecule has 0 aromatic heterocycles. The second-order valence-corrected chi connectivity index (χ2v) is 6.84. The molecule has 0 heterocycles. The fourth-order valence-corrected chi connectivity index (χ4v) is 2.12. The Morgan fingerprint density at radius 3 is 1.88 bits per heavy atom. The maximum atomic E-state index is 9.31.